The molecule has 1 aromatic heterocycles. The van der Waals surface area contributed by atoms with Gasteiger partial charge in [0.15, 0.2) is 0 Å². The number of nitro groups is 1. The molecule has 0 unspecified atom stereocenters. The first-order chi connectivity index (χ1) is 11.4. The molecule has 0 aliphatic heterocycles. The molecule has 2 rings (SSSR count). The molecule has 2 amide bonds. The third-order valence-corrected chi connectivity index (χ3v) is 3.23. The molecule has 1 heterocycles. The molecule has 8 nitrogen and oxygen atoms in total. The fourth-order valence-electron chi connectivity index (χ4n) is 2.01. The molecule has 0 fully saturated rings. The van der Waals surface area contributed by atoms with Crippen molar-refractivity contribution in [3.63, 3.8) is 0 Å². The number of hydrogen-bond acceptors (Lipinski definition) is 5. The van der Waals surface area contributed by atoms with Crippen molar-refractivity contribution in [1.82, 2.24) is 10.3 Å². The van der Waals surface area contributed by atoms with Gasteiger partial charge in [0.1, 0.15) is 5.82 Å². The number of hydrogen-bond donors (Lipinski definition) is 2. The number of benzene rings is 1. The highest BCUT2D eigenvalue weighted by Crippen LogP contribution is 2.19. The van der Waals surface area contributed by atoms with Crippen molar-refractivity contribution < 1.29 is 14.5 Å². The van der Waals surface area contributed by atoms with Crippen molar-refractivity contribution in [2.45, 2.75) is 13.8 Å². The fraction of sp³-hybridized carbons (Fsp3) is 0.188. The van der Waals surface area contributed by atoms with E-state index in [1.54, 1.807) is 32.0 Å². The molecule has 1 aromatic carbocycles. The Kier molecular flexibility index (Phi) is 5.20. The number of nitrogens with zero attached hydrogens (tertiary/aromatic N) is 2. The summed E-state index contributed by atoms with van der Waals surface area (Å²) >= 11 is 0. The number of carbonyl (C=O) groups is 2. The molecule has 0 saturated carbocycles. The van der Waals surface area contributed by atoms with Crippen LogP contribution in [-0.2, 0) is 4.79 Å². The van der Waals surface area contributed by atoms with E-state index >= 15 is 0 Å². The van der Waals surface area contributed by atoms with Crippen LogP contribution in [0.25, 0.3) is 0 Å². The van der Waals surface area contributed by atoms with Gasteiger partial charge in [0.05, 0.1) is 11.5 Å². The molecular formula is C16H16N4O4. The molecule has 0 spiro atoms. The third-order valence-electron chi connectivity index (χ3n) is 3.23. The molecule has 8 heteroatoms. The molecule has 0 aliphatic carbocycles. The van der Waals surface area contributed by atoms with Crippen molar-refractivity contribution in [2.24, 2.45) is 0 Å². The summed E-state index contributed by atoms with van der Waals surface area (Å²) in [6.07, 6.45) is 0. The first-order valence-electron chi connectivity index (χ1n) is 7.13. The normalized spacial score (nSPS) is 10.1. The largest absolute Gasteiger partial charge is 0.343 e. The SMILES string of the molecule is Cc1cccc(NC(=O)CNC(=O)c2ccc(C)c([N+](=O)[O-])c2)n1. The van der Waals surface area contributed by atoms with E-state index in [2.05, 4.69) is 15.6 Å². The first-order valence-corrected chi connectivity index (χ1v) is 7.13. The Bertz CT molecular complexity index is 804. The van der Waals surface area contributed by atoms with Gasteiger partial charge in [0.2, 0.25) is 5.91 Å². The summed E-state index contributed by atoms with van der Waals surface area (Å²) < 4.78 is 0. The van der Waals surface area contributed by atoms with Crippen LogP contribution in [0, 0.1) is 24.0 Å². The maximum atomic E-state index is 12.0. The quantitative estimate of drug-likeness (QED) is 0.643. The fourth-order valence-corrected chi connectivity index (χ4v) is 2.01. The Hall–Kier alpha value is -3.29. The predicted molar refractivity (Wildman–Crippen MR) is 87.8 cm³/mol. The number of nitro benzene ring substituents is 1. The first kappa shape index (κ1) is 17.1. The van der Waals surface area contributed by atoms with E-state index in [0.29, 0.717) is 11.4 Å². The zero-order valence-corrected chi connectivity index (χ0v) is 13.2. The Morgan fingerprint density at radius 3 is 2.62 bits per heavy atom. The minimum Gasteiger partial charge on any atom is -0.343 e. The average molecular weight is 328 g/mol. The van der Waals surface area contributed by atoms with Crippen LogP contribution >= 0.6 is 0 Å². The lowest BCUT2D eigenvalue weighted by Crippen LogP contribution is -2.33. The molecule has 0 saturated heterocycles. The number of anilines is 1. The maximum absolute atomic E-state index is 12.0. The number of amides is 2. The van der Waals surface area contributed by atoms with Crippen molar-refractivity contribution in [1.29, 1.82) is 0 Å². The van der Waals surface area contributed by atoms with E-state index < -0.39 is 16.7 Å². The van der Waals surface area contributed by atoms with E-state index in [-0.39, 0.29) is 17.8 Å². The minimum atomic E-state index is -0.564. The van der Waals surface area contributed by atoms with Gasteiger partial charge < -0.3 is 10.6 Å². The molecule has 2 aromatic rings. The highest BCUT2D eigenvalue weighted by molar-refractivity contribution is 5.99. The molecule has 0 radical (unpaired) electrons. The summed E-state index contributed by atoms with van der Waals surface area (Å²) in [5, 5.41) is 15.9. The number of carbonyl (C=O) groups excluding carboxylic acids is 2. The van der Waals surface area contributed by atoms with E-state index in [1.807, 2.05) is 0 Å². The zero-order valence-electron chi connectivity index (χ0n) is 13.2. The van der Waals surface area contributed by atoms with Crippen molar-refractivity contribution in [3.8, 4) is 0 Å². The van der Waals surface area contributed by atoms with Crippen LogP contribution in [0.5, 0.6) is 0 Å². The summed E-state index contributed by atoms with van der Waals surface area (Å²) in [6.45, 7) is 3.11. The third kappa shape index (κ3) is 4.35. The van der Waals surface area contributed by atoms with E-state index in [4.69, 9.17) is 0 Å². The van der Waals surface area contributed by atoms with E-state index in [1.165, 1.54) is 18.2 Å². The van der Waals surface area contributed by atoms with Gasteiger partial charge in [-0.3, -0.25) is 19.7 Å². The lowest BCUT2D eigenvalue weighted by Gasteiger charge is -2.07. The highest BCUT2D eigenvalue weighted by atomic mass is 16.6. The maximum Gasteiger partial charge on any atom is 0.273 e. The lowest BCUT2D eigenvalue weighted by molar-refractivity contribution is -0.385. The van der Waals surface area contributed by atoms with Crippen LogP contribution in [0.1, 0.15) is 21.6 Å². The Balaban J connectivity index is 1.96. The summed E-state index contributed by atoms with van der Waals surface area (Å²) in [7, 11) is 0. The van der Waals surface area contributed by atoms with Gasteiger partial charge in [-0.2, -0.15) is 0 Å². The van der Waals surface area contributed by atoms with Crippen molar-refractivity contribution in [3.05, 3.63) is 63.3 Å². The predicted octanol–water partition coefficient (Wildman–Crippen LogP) is 1.98. The van der Waals surface area contributed by atoms with Crippen molar-refractivity contribution in [2.75, 3.05) is 11.9 Å². The Labute approximate surface area is 138 Å². The van der Waals surface area contributed by atoms with Crippen LogP contribution in [-0.4, -0.2) is 28.3 Å². The van der Waals surface area contributed by atoms with E-state index in [9.17, 15) is 19.7 Å². The highest BCUT2D eigenvalue weighted by Gasteiger charge is 2.15. The molecule has 2 N–H and O–H groups in total. The number of rotatable bonds is 5. The van der Waals surface area contributed by atoms with E-state index in [0.717, 1.165) is 5.69 Å². The van der Waals surface area contributed by atoms with Gasteiger partial charge in [-0.25, -0.2) is 4.98 Å². The van der Waals surface area contributed by atoms with Gasteiger partial charge in [-0.05, 0) is 32.0 Å². The summed E-state index contributed by atoms with van der Waals surface area (Å²) in [5.74, 6) is -0.617. The summed E-state index contributed by atoms with van der Waals surface area (Å²) in [5.41, 5.74) is 1.19. The molecular weight excluding hydrogens is 312 g/mol. The van der Waals surface area contributed by atoms with Crippen LogP contribution in [0.2, 0.25) is 0 Å². The monoisotopic (exact) mass is 328 g/mol. The second kappa shape index (κ2) is 7.32. The molecule has 124 valence electrons. The Morgan fingerprint density at radius 2 is 1.96 bits per heavy atom. The van der Waals surface area contributed by atoms with Crippen molar-refractivity contribution >= 4 is 23.3 Å². The Morgan fingerprint density at radius 1 is 1.21 bits per heavy atom. The second-order valence-corrected chi connectivity index (χ2v) is 5.15. The topological polar surface area (TPSA) is 114 Å². The number of pyridine rings is 1. The van der Waals surface area contributed by atoms with Crippen LogP contribution in [0.3, 0.4) is 0 Å². The number of aromatic nitrogens is 1. The van der Waals surface area contributed by atoms with Gasteiger partial charge in [0.25, 0.3) is 11.6 Å². The molecule has 24 heavy (non-hydrogen) atoms. The van der Waals surface area contributed by atoms with Crippen LogP contribution in [0.15, 0.2) is 36.4 Å². The smallest absolute Gasteiger partial charge is 0.273 e. The standard InChI is InChI=1S/C16H16N4O4/c1-10-6-7-12(8-13(10)20(23)24)16(22)17-9-15(21)19-14-5-3-4-11(2)18-14/h3-8H,9H2,1-2H3,(H,17,22)(H,18,19,21). The minimum absolute atomic E-state index is 0.119. The average Bonchev–Trinajstić information content (AvgIpc) is 2.52. The van der Waals surface area contributed by atoms with Gasteiger partial charge in [0, 0.05) is 22.9 Å². The summed E-state index contributed by atoms with van der Waals surface area (Å²) in [4.78, 5) is 38.3. The molecule has 0 atom stereocenters. The lowest BCUT2D eigenvalue weighted by atomic mass is 10.1. The van der Waals surface area contributed by atoms with Crippen LogP contribution in [0.4, 0.5) is 11.5 Å². The second-order valence-electron chi connectivity index (χ2n) is 5.15. The van der Waals surface area contributed by atoms with Crippen LogP contribution < -0.4 is 10.6 Å². The summed E-state index contributed by atoms with van der Waals surface area (Å²) in [6, 6.07) is 9.33. The van der Waals surface area contributed by atoms with Gasteiger partial charge >= 0.3 is 0 Å². The molecule has 0 bridgehead atoms. The van der Waals surface area contributed by atoms with Gasteiger partial charge in [-0.1, -0.05) is 12.1 Å². The number of nitrogens with one attached hydrogen (secondary N) is 2. The molecule has 0 aliphatic rings. The number of aryl methyl sites for hydroxylation is 2. The van der Waals surface area contributed by atoms with Gasteiger partial charge in [-0.15, -0.1) is 0 Å². The zero-order chi connectivity index (χ0) is 17.7.